The van der Waals surface area contributed by atoms with Gasteiger partial charge in [-0.25, -0.2) is 13.4 Å². The Bertz CT molecular complexity index is 348. The van der Waals surface area contributed by atoms with Gasteiger partial charge in [0.15, 0.2) is 0 Å². The topological polar surface area (TPSA) is 46.5 Å². The van der Waals surface area contributed by atoms with Gasteiger partial charge in [0.1, 0.15) is 9.84 Å². The molecule has 1 saturated carbocycles. The predicted molar refractivity (Wildman–Crippen MR) is 69.1 cm³/mol. The molecule has 0 aromatic heterocycles. The van der Waals surface area contributed by atoms with Crippen molar-refractivity contribution in [3.05, 3.63) is 0 Å². The summed E-state index contributed by atoms with van der Waals surface area (Å²) in [7, 11) is -2.89. The largest absolute Gasteiger partial charge is 0.229 e. The van der Waals surface area contributed by atoms with Crippen LogP contribution < -0.4 is 0 Å². The summed E-state index contributed by atoms with van der Waals surface area (Å²) in [4.78, 5) is 4.04. The summed E-state index contributed by atoms with van der Waals surface area (Å²) in [6, 6.07) is 0.158. The fraction of sp³-hybridized carbons (Fsp3) is 0.875. The molecule has 1 aliphatic carbocycles. The number of alkyl halides is 1. The summed E-state index contributed by atoms with van der Waals surface area (Å²) in [5, 5.41) is 2.18. The van der Waals surface area contributed by atoms with Crippen LogP contribution in [-0.2, 0) is 9.84 Å². The summed E-state index contributed by atoms with van der Waals surface area (Å²) < 4.78 is 22.9. The summed E-state index contributed by atoms with van der Waals surface area (Å²) in [6.07, 6.45) is 3.49. The van der Waals surface area contributed by atoms with E-state index in [0.717, 1.165) is 6.42 Å². The zero-order valence-electron chi connectivity index (χ0n) is 7.81. The smallest absolute Gasteiger partial charge is 0.150 e. The highest BCUT2D eigenvalue weighted by Crippen LogP contribution is 2.30. The molecule has 0 heterocycles. The first kappa shape index (κ1) is 12.5. The average molecular weight is 345 g/mol. The van der Waals surface area contributed by atoms with Gasteiger partial charge < -0.3 is 0 Å². The van der Waals surface area contributed by atoms with Crippen LogP contribution in [0.15, 0.2) is 4.99 Å². The van der Waals surface area contributed by atoms with Crippen molar-refractivity contribution in [2.24, 2.45) is 4.99 Å². The lowest BCUT2D eigenvalue weighted by atomic mass is 9.95. The van der Waals surface area contributed by atoms with Gasteiger partial charge in [-0.15, -0.1) is 0 Å². The first-order valence-corrected chi connectivity index (χ1v) is 7.96. The Morgan fingerprint density at radius 3 is 2.57 bits per heavy atom. The van der Waals surface area contributed by atoms with Crippen molar-refractivity contribution >= 4 is 49.8 Å². The van der Waals surface area contributed by atoms with Gasteiger partial charge in [-0.3, -0.25) is 0 Å². The lowest BCUT2D eigenvalue weighted by molar-refractivity contribution is 0.458. The van der Waals surface area contributed by atoms with Crippen LogP contribution in [0.5, 0.6) is 0 Å². The highest BCUT2D eigenvalue weighted by atomic mass is 127. The van der Waals surface area contributed by atoms with Crippen LogP contribution in [0.4, 0.5) is 0 Å². The van der Waals surface area contributed by atoms with E-state index < -0.39 is 9.84 Å². The molecule has 0 spiro atoms. The molecule has 3 atom stereocenters. The van der Waals surface area contributed by atoms with Crippen molar-refractivity contribution in [1.29, 1.82) is 0 Å². The van der Waals surface area contributed by atoms with Crippen molar-refractivity contribution in [3.8, 4) is 0 Å². The van der Waals surface area contributed by atoms with Crippen molar-refractivity contribution < 1.29 is 8.42 Å². The van der Waals surface area contributed by atoms with Gasteiger partial charge in [0.2, 0.25) is 0 Å². The first-order chi connectivity index (χ1) is 6.45. The number of isothiocyanates is 1. The van der Waals surface area contributed by atoms with Crippen LogP contribution in [0.3, 0.4) is 0 Å². The standard InChI is InChI=1S/C8H12INO2S2/c1-14(11,12)6-2-3-8(10-5-13)7(9)4-6/h6-8H,2-4H2,1H3/t6-,7+,8+/m1/s1. The van der Waals surface area contributed by atoms with Crippen molar-refractivity contribution in [2.45, 2.75) is 34.5 Å². The third-order valence-electron chi connectivity index (χ3n) is 2.51. The Balaban J connectivity index is 2.68. The van der Waals surface area contributed by atoms with Gasteiger partial charge in [-0.05, 0) is 31.5 Å². The zero-order valence-corrected chi connectivity index (χ0v) is 11.6. The molecule has 80 valence electrons. The second kappa shape index (κ2) is 5.01. The molecule has 0 N–H and O–H groups in total. The molecule has 0 aromatic rings. The van der Waals surface area contributed by atoms with Gasteiger partial charge >= 0.3 is 0 Å². The summed E-state index contributed by atoms with van der Waals surface area (Å²) in [6.45, 7) is 0. The fourth-order valence-corrected chi connectivity index (χ4v) is 4.40. The molecule has 0 radical (unpaired) electrons. The maximum atomic E-state index is 11.3. The number of hydrogen-bond donors (Lipinski definition) is 0. The molecule has 0 bridgehead atoms. The normalized spacial score (nSPS) is 33.4. The Labute approximate surface area is 103 Å². The van der Waals surface area contributed by atoms with Crippen molar-refractivity contribution in [2.75, 3.05) is 6.26 Å². The van der Waals surface area contributed by atoms with E-state index in [9.17, 15) is 8.42 Å². The number of nitrogens with zero attached hydrogens (tertiary/aromatic N) is 1. The Morgan fingerprint density at radius 1 is 1.50 bits per heavy atom. The van der Waals surface area contributed by atoms with E-state index >= 15 is 0 Å². The van der Waals surface area contributed by atoms with E-state index in [1.807, 2.05) is 0 Å². The molecule has 0 saturated heterocycles. The second-order valence-corrected chi connectivity index (χ2v) is 7.68. The van der Waals surface area contributed by atoms with Crippen molar-refractivity contribution in [1.82, 2.24) is 0 Å². The van der Waals surface area contributed by atoms with Crippen LogP contribution in [-0.4, -0.2) is 35.1 Å². The number of thiocarbonyl (C=S) groups is 1. The Morgan fingerprint density at radius 2 is 2.14 bits per heavy atom. The molecular weight excluding hydrogens is 333 g/mol. The van der Waals surface area contributed by atoms with Crippen LogP contribution in [0.25, 0.3) is 0 Å². The molecular formula is C8H12INO2S2. The number of aliphatic imine (C=N–C) groups is 1. The highest BCUT2D eigenvalue weighted by molar-refractivity contribution is 14.1. The summed E-state index contributed by atoms with van der Waals surface area (Å²) in [5.41, 5.74) is 0. The monoisotopic (exact) mass is 345 g/mol. The SMILES string of the molecule is CS(=O)(=O)[C@@H]1CC[C@H](N=C=S)[C@@H](I)C1. The molecule has 0 unspecified atom stereocenters. The zero-order chi connectivity index (χ0) is 10.8. The number of rotatable bonds is 2. The number of sulfone groups is 1. The third-order valence-corrected chi connectivity index (χ3v) is 5.60. The molecule has 6 heteroatoms. The predicted octanol–water partition coefficient (Wildman–Crippen LogP) is 1.86. The van der Waals surface area contributed by atoms with Gasteiger partial charge in [-0.2, -0.15) is 0 Å². The molecule has 1 aliphatic rings. The first-order valence-electron chi connectivity index (χ1n) is 4.35. The van der Waals surface area contributed by atoms with E-state index in [-0.39, 0.29) is 15.2 Å². The van der Waals surface area contributed by atoms with Gasteiger partial charge in [-0.1, -0.05) is 22.6 Å². The molecule has 1 rings (SSSR count). The van der Waals surface area contributed by atoms with Crippen molar-refractivity contribution in [3.63, 3.8) is 0 Å². The van der Waals surface area contributed by atoms with Gasteiger partial charge in [0.05, 0.1) is 16.5 Å². The number of hydrogen-bond acceptors (Lipinski definition) is 4. The molecule has 1 fully saturated rings. The lowest BCUT2D eigenvalue weighted by Gasteiger charge is -2.28. The Kier molecular flexibility index (Phi) is 4.49. The average Bonchev–Trinajstić information content (AvgIpc) is 2.07. The lowest BCUT2D eigenvalue weighted by Crippen LogP contribution is -2.35. The maximum Gasteiger partial charge on any atom is 0.150 e. The van der Waals surface area contributed by atoms with E-state index in [1.165, 1.54) is 6.26 Å². The molecule has 0 aliphatic heterocycles. The highest BCUT2D eigenvalue weighted by Gasteiger charge is 2.33. The minimum Gasteiger partial charge on any atom is -0.229 e. The van der Waals surface area contributed by atoms with Gasteiger partial charge in [0, 0.05) is 10.2 Å². The fourth-order valence-electron chi connectivity index (χ4n) is 1.67. The van der Waals surface area contributed by atoms with Crippen LogP contribution in [0.2, 0.25) is 0 Å². The summed E-state index contributed by atoms with van der Waals surface area (Å²) >= 11 is 6.80. The van der Waals surface area contributed by atoms with E-state index in [2.05, 4.69) is 45.0 Å². The quantitative estimate of drug-likeness (QED) is 0.332. The number of halogens is 1. The van der Waals surface area contributed by atoms with E-state index in [1.54, 1.807) is 0 Å². The van der Waals surface area contributed by atoms with Crippen LogP contribution in [0, 0.1) is 0 Å². The minimum absolute atomic E-state index is 0.158. The molecule has 14 heavy (non-hydrogen) atoms. The molecule has 3 nitrogen and oxygen atoms in total. The summed E-state index contributed by atoms with van der Waals surface area (Å²) in [5.74, 6) is 0. The second-order valence-electron chi connectivity index (χ2n) is 3.57. The van der Waals surface area contributed by atoms with Gasteiger partial charge in [0.25, 0.3) is 0 Å². The molecule has 0 aromatic carbocycles. The van der Waals surface area contributed by atoms with Crippen LogP contribution >= 0.6 is 34.8 Å². The van der Waals surface area contributed by atoms with E-state index in [0.29, 0.717) is 12.8 Å². The maximum absolute atomic E-state index is 11.3. The Hall–Kier alpha value is 0.480. The van der Waals surface area contributed by atoms with E-state index in [4.69, 9.17) is 0 Å². The van der Waals surface area contributed by atoms with Crippen LogP contribution in [0.1, 0.15) is 19.3 Å². The molecule has 0 amide bonds. The minimum atomic E-state index is -2.89. The third kappa shape index (κ3) is 3.25.